The van der Waals surface area contributed by atoms with E-state index in [2.05, 4.69) is 14.9 Å². The summed E-state index contributed by atoms with van der Waals surface area (Å²) in [7, 11) is 1.30. The maximum Gasteiger partial charge on any atom is 0.315 e. The molecule has 0 atom stereocenters. The monoisotopic (exact) mass is 252 g/mol. The number of esters is 1. The smallest absolute Gasteiger partial charge is 0.315 e. The molecule has 0 bridgehead atoms. The van der Waals surface area contributed by atoms with Crippen LogP contribution in [0.2, 0.25) is 5.02 Å². The minimum Gasteiger partial charge on any atom is -0.469 e. The van der Waals surface area contributed by atoms with Gasteiger partial charge in [0.1, 0.15) is 6.42 Å². The maximum atomic E-state index is 11.0. The molecule has 5 nitrogen and oxygen atoms in total. The van der Waals surface area contributed by atoms with E-state index in [1.54, 1.807) is 18.2 Å². The maximum absolute atomic E-state index is 11.0. The number of carbonyl (C=O) groups excluding carboxylic acids is 1. The van der Waals surface area contributed by atoms with E-state index < -0.39 is 5.97 Å². The lowest BCUT2D eigenvalue weighted by Crippen LogP contribution is -2.04. The molecule has 0 radical (unpaired) electrons. The highest BCUT2D eigenvalue weighted by atomic mass is 35.5. The van der Waals surface area contributed by atoms with Gasteiger partial charge >= 0.3 is 5.97 Å². The van der Waals surface area contributed by atoms with Crippen LogP contribution in [0.3, 0.4) is 0 Å². The highest BCUT2D eigenvalue weighted by Gasteiger charge is 2.14. The van der Waals surface area contributed by atoms with Gasteiger partial charge in [0.15, 0.2) is 0 Å². The Bertz CT molecular complexity index is 539. The van der Waals surface area contributed by atoms with Gasteiger partial charge in [-0.05, 0) is 12.1 Å². The molecule has 17 heavy (non-hydrogen) atoms. The zero-order chi connectivity index (χ0) is 12.3. The molecule has 0 fully saturated rings. The highest BCUT2D eigenvalue weighted by molar-refractivity contribution is 6.33. The predicted molar refractivity (Wildman–Crippen MR) is 60.5 cm³/mol. The van der Waals surface area contributed by atoms with Gasteiger partial charge in [0.2, 0.25) is 11.7 Å². The third-order valence-electron chi connectivity index (χ3n) is 2.11. The minimum absolute atomic E-state index is 0.0477. The van der Waals surface area contributed by atoms with Crippen molar-refractivity contribution in [1.29, 1.82) is 0 Å². The van der Waals surface area contributed by atoms with Gasteiger partial charge in [-0.25, -0.2) is 0 Å². The van der Waals surface area contributed by atoms with Gasteiger partial charge in [0, 0.05) is 5.56 Å². The van der Waals surface area contributed by atoms with E-state index in [1.165, 1.54) is 7.11 Å². The molecule has 0 aliphatic carbocycles. The summed E-state index contributed by atoms with van der Waals surface area (Å²) >= 11 is 5.99. The van der Waals surface area contributed by atoms with Gasteiger partial charge in [-0.15, -0.1) is 0 Å². The summed E-state index contributed by atoms with van der Waals surface area (Å²) in [5.41, 5.74) is 0.661. The van der Waals surface area contributed by atoms with Crippen LogP contribution in [0.4, 0.5) is 0 Å². The van der Waals surface area contributed by atoms with Gasteiger partial charge < -0.3 is 9.26 Å². The fourth-order valence-electron chi connectivity index (χ4n) is 1.27. The SMILES string of the molecule is COC(=O)Cc1nc(-c2ccccc2Cl)no1. The summed E-state index contributed by atoms with van der Waals surface area (Å²) in [6.07, 6.45) is -0.0477. The average molecular weight is 253 g/mol. The van der Waals surface area contributed by atoms with Crippen molar-refractivity contribution in [2.75, 3.05) is 7.11 Å². The number of carbonyl (C=O) groups is 1. The quantitative estimate of drug-likeness (QED) is 0.783. The third kappa shape index (κ3) is 2.62. The topological polar surface area (TPSA) is 65.2 Å². The van der Waals surface area contributed by atoms with Crippen LogP contribution in [-0.2, 0) is 16.0 Å². The number of hydrogen-bond acceptors (Lipinski definition) is 5. The van der Waals surface area contributed by atoms with Crippen molar-refractivity contribution < 1.29 is 14.1 Å². The first-order chi connectivity index (χ1) is 8.20. The molecular weight excluding hydrogens is 244 g/mol. The lowest BCUT2D eigenvalue weighted by molar-refractivity contribution is -0.140. The summed E-state index contributed by atoms with van der Waals surface area (Å²) in [4.78, 5) is 15.1. The molecule has 2 rings (SSSR count). The molecule has 0 aliphatic rings. The summed E-state index contributed by atoms with van der Waals surface area (Å²) in [5.74, 6) is 0.126. The van der Waals surface area contributed by atoms with Crippen molar-refractivity contribution in [3.8, 4) is 11.4 Å². The number of ether oxygens (including phenoxy) is 1. The van der Waals surface area contributed by atoms with Crippen LogP contribution in [-0.4, -0.2) is 23.2 Å². The highest BCUT2D eigenvalue weighted by Crippen LogP contribution is 2.24. The second kappa shape index (κ2) is 4.97. The average Bonchev–Trinajstić information content (AvgIpc) is 2.78. The van der Waals surface area contributed by atoms with Crippen molar-refractivity contribution >= 4 is 17.6 Å². The lowest BCUT2D eigenvalue weighted by Gasteiger charge is -1.96. The molecule has 0 spiro atoms. The van der Waals surface area contributed by atoms with Crippen LogP contribution in [0.15, 0.2) is 28.8 Å². The van der Waals surface area contributed by atoms with Gasteiger partial charge in [-0.3, -0.25) is 4.79 Å². The summed E-state index contributed by atoms with van der Waals surface area (Å²) in [6, 6.07) is 7.13. The number of methoxy groups -OCH3 is 1. The first-order valence-electron chi connectivity index (χ1n) is 4.85. The van der Waals surface area contributed by atoms with E-state index in [4.69, 9.17) is 16.1 Å². The molecule has 1 heterocycles. The van der Waals surface area contributed by atoms with E-state index in [9.17, 15) is 4.79 Å². The summed E-state index contributed by atoms with van der Waals surface area (Å²) in [5, 5.41) is 4.28. The molecule has 6 heteroatoms. The Morgan fingerprint density at radius 1 is 1.47 bits per heavy atom. The molecule has 1 aromatic heterocycles. The molecule has 1 aromatic carbocycles. The lowest BCUT2D eigenvalue weighted by atomic mass is 10.2. The Balaban J connectivity index is 2.24. The number of halogens is 1. The molecule has 0 saturated heterocycles. The molecule has 0 N–H and O–H groups in total. The molecule has 0 amide bonds. The summed E-state index contributed by atoms with van der Waals surface area (Å²) < 4.78 is 9.43. The fourth-order valence-corrected chi connectivity index (χ4v) is 1.49. The summed E-state index contributed by atoms with van der Waals surface area (Å²) in [6.45, 7) is 0. The van der Waals surface area contributed by atoms with Crippen molar-refractivity contribution in [3.63, 3.8) is 0 Å². The Hall–Kier alpha value is -1.88. The van der Waals surface area contributed by atoms with Crippen LogP contribution in [0.25, 0.3) is 11.4 Å². The Morgan fingerprint density at radius 2 is 2.24 bits per heavy atom. The van der Waals surface area contributed by atoms with E-state index in [0.29, 0.717) is 16.4 Å². The first kappa shape index (κ1) is 11.6. The first-order valence-corrected chi connectivity index (χ1v) is 5.23. The number of aromatic nitrogens is 2. The largest absolute Gasteiger partial charge is 0.469 e. The van der Waals surface area contributed by atoms with Crippen LogP contribution in [0.1, 0.15) is 5.89 Å². The van der Waals surface area contributed by atoms with E-state index in [-0.39, 0.29) is 12.3 Å². The minimum atomic E-state index is -0.431. The van der Waals surface area contributed by atoms with Crippen molar-refractivity contribution in [2.45, 2.75) is 6.42 Å². The van der Waals surface area contributed by atoms with Gasteiger partial charge in [-0.1, -0.05) is 28.9 Å². The van der Waals surface area contributed by atoms with Gasteiger partial charge in [-0.2, -0.15) is 4.98 Å². The van der Waals surface area contributed by atoms with Gasteiger partial charge in [0.05, 0.1) is 12.1 Å². The number of nitrogens with zero attached hydrogens (tertiary/aromatic N) is 2. The van der Waals surface area contributed by atoms with Crippen LogP contribution >= 0.6 is 11.6 Å². The number of hydrogen-bond donors (Lipinski definition) is 0. The second-order valence-electron chi connectivity index (χ2n) is 3.24. The van der Waals surface area contributed by atoms with Crippen LogP contribution in [0, 0.1) is 0 Å². The third-order valence-corrected chi connectivity index (χ3v) is 2.44. The Kier molecular flexibility index (Phi) is 3.39. The predicted octanol–water partition coefficient (Wildman–Crippen LogP) is 2.11. The van der Waals surface area contributed by atoms with E-state index >= 15 is 0 Å². The molecule has 2 aromatic rings. The van der Waals surface area contributed by atoms with E-state index in [1.807, 2.05) is 6.07 Å². The molecule has 88 valence electrons. The number of benzene rings is 1. The Labute approximate surface area is 102 Å². The van der Waals surface area contributed by atoms with E-state index in [0.717, 1.165) is 0 Å². The molecular formula is C11H9ClN2O3. The fraction of sp³-hybridized carbons (Fsp3) is 0.182. The zero-order valence-corrected chi connectivity index (χ0v) is 9.77. The van der Waals surface area contributed by atoms with Crippen molar-refractivity contribution in [3.05, 3.63) is 35.2 Å². The number of rotatable bonds is 3. The zero-order valence-electron chi connectivity index (χ0n) is 9.01. The second-order valence-corrected chi connectivity index (χ2v) is 3.65. The standard InChI is InChI=1S/C11H9ClN2O3/c1-16-10(15)6-9-13-11(14-17-9)7-4-2-3-5-8(7)12/h2-5H,6H2,1H3. The molecule has 0 aliphatic heterocycles. The Morgan fingerprint density at radius 3 is 2.94 bits per heavy atom. The van der Waals surface area contributed by atoms with Crippen LogP contribution in [0.5, 0.6) is 0 Å². The molecule has 0 saturated carbocycles. The van der Waals surface area contributed by atoms with Gasteiger partial charge in [0.25, 0.3) is 0 Å². The van der Waals surface area contributed by atoms with Crippen molar-refractivity contribution in [2.24, 2.45) is 0 Å². The van der Waals surface area contributed by atoms with Crippen molar-refractivity contribution in [1.82, 2.24) is 10.1 Å². The van der Waals surface area contributed by atoms with Crippen LogP contribution < -0.4 is 0 Å². The normalized spacial score (nSPS) is 10.2. The molecule has 0 unspecified atom stereocenters.